The van der Waals surface area contributed by atoms with Crippen LogP contribution in [0.4, 0.5) is 0 Å². The normalized spacial score (nSPS) is 10.1. The third-order valence-electron chi connectivity index (χ3n) is 3.69. The molecule has 0 bridgehead atoms. The zero-order valence-corrected chi connectivity index (χ0v) is 15.6. The number of ether oxygens (including phenoxy) is 2. The summed E-state index contributed by atoms with van der Waals surface area (Å²) in [6.07, 6.45) is 3.84. The van der Waals surface area contributed by atoms with Crippen LogP contribution in [0.15, 0.2) is 24.5 Å². The fourth-order valence-electron chi connectivity index (χ4n) is 2.48. The molecule has 0 spiro atoms. The van der Waals surface area contributed by atoms with Crippen molar-refractivity contribution in [1.29, 1.82) is 0 Å². The van der Waals surface area contributed by atoms with Gasteiger partial charge in [0.15, 0.2) is 18.9 Å². The molecule has 2 heterocycles. The van der Waals surface area contributed by atoms with Gasteiger partial charge in [-0.2, -0.15) is 4.57 Å². The van der Waals surface area contributed by atoms with Crippen molar-refractivity contribution < 1.29 is 36.0 Å². The van der Waals surface area contributed by atoms with Crippen molar-refractivity contribution >= 4 is 11.9 Å². The average molecular weight is 367 g/mol. The molecule has 0 aromatic carbocycles. The van der Waals surface area contributed by atoms with E-state index < -0.39 is 11.9 Å². The molecule has 0 saturated heterocycles. The highest BCUT2D eigenvalue weighted by Crippen LogP contribution is 2.20. The number of carbonyl (C=O) groups excluding carboxylic acids is 2. The third-order valence-corrected chi connectivity index (χ3v) is 3.69. The molecule has 1 N–H and O–H groups in total. The molecule has 0 radical (unpaired) electrons. The van der Waals surface area contributed by atoms with E-state index in [1.807, 2.05) is 36.0 Å². The van der Waals surface area contributed by atoms with Gasteiger partial charge in [-0.25, -0.2) is 9.59 Å². The number of nitrogens with zero attached hydrogens (tertiary/aromatic N) is 1. The van der Waals surface area contributed by atoms with Crippen LogP contribution in [0, 0.1) is 13.8 Å². The van der Waals surface area contributed by atoms with Crippen LogP contribution in [-0.2, 0) is 16.0 Å². The Hall–Kier alpha value is -2.34. The average Bonchev–Trinajstić information content (AvgIpc) is 2.86. The van der Waals surface area contributed by atoms with E-state index >= 15 is 0 Å². The molecule has 0 unspecified atom stereocenters. The van der Waals surface area contributed by atoms with Gasteiger partial charge in [0.25, 0.3) is 0 Å². The van der Waals surface area contributed by atoms with Crippen LogP contribution in [0.1, 0.15) is 51.5 Å². The molecule has 0 aliphatic heterocycles. The first kappa shape index (κ1) is 20.7. The number of rotatable bonds is 6. The minimum Gasteiger partial charge on any atom is -1.00 e. The van der Waals surface area contributed by atoms with Gasteiger partial charge in [0.05, 0.1) is 24.5 Å². The summed E-state index contributed by atoms with van der Waals surface area (Å²) in [5.74, 6) is -0.912. The predicted octanol–water partition coefficient (Wildman–Crippen LogP) is -0.675. The van der Waals surface area contributed by atoms with Crippen molar-refractivity contribution in [2.45, 2.75) is 34.2 Å². The highest BCUT2D eigenvalue weighted by molar-refractivity contribution is 5.98. The predicted molar refractivity (Wildman–Crippen MR) is 87.9 cm³/mol. The number of H-pyrrole nitrogens is 1. The van der Waals surface area contributed by atoms with Gasteiger partial charge in [-0.1, -0.05) is 0 Å². The number of nitrogens with one attached hydrogen (secondary N) is 1. The fourth-order valence-corrected chi connectivity index (χ4v) is 2.48. The number of hydrogen-bond acceptors (Lipinski definition) is 4. The summed E-state index contributed by atoms with van der Waals surface area (Å²) >= 11 is 0. The number of aromatic amines is 1. The molecule has 0 saturated carbocycles. The molecule has 6 nitrogen and oxygen atoms in total. The summed E-state index contributed by atoms with van der Waals surface area (Å²) in [6, 6.07) is 3.96. The number of aromatic nitrogens is 2. The number of carbonyl (C=O) groups is 2. The Morgan fingerprint density at radius 2 is 1.60 bits per heavy atom. The van der Waals surface area contributed by atoms with Crippen LogP contribution in [-0.4, -0.2) is 30.1 Å². The fraction of sp³-hybridized carbons (Fsp3) is 0.389. The van der Waals surface area contributed by atoms with Crippen LogP contribution >= 0.6 is 0 Å². The second-order valence-corrected chi connectivity index (χ2v) is 5.47. The van der Waals surface area contributed by atoms with E-state index in [1.54, 1.807) is 20.8 Å². The summed E-state index contributed by atoms with van der Waals surface area (Å²) in [5.41, 5.74) is 3.01. The van der Waals surface area contributed by atoms with Gasteiger partial charge < -0.3 is 26.9 Å². The lowest BCUT2D eigenvalue weighted by Gasteiger charge is -2.04. The van der Waals surface area contributed by atoms with Gasteiger partial charge in [-0.15, -0.1) is 0 Å². The monoisotopic (exact) mass is 366 g/mol. The molecule has 2 rings (SSSR count). The van der Waals surface area contributed by atoms with E-state index in [0.29, 0.717) is 29.1 Å². The van der Waals surface area contributed by atoms with Crippen LogP contribution < -0.4 is 17.0 Å². The van der Waals surface area contributed by atoms with Crippen molar-refractivity contribution in [2.24, 2.45) is 0 Å². The highest BCUT2D eigenvalue weighted by Gasteiger charge is 2.27. The minimum absolute atomic E-state index is 0. The van der Waals surface area contributed by atoms with Gasteiger partial charge in [-0.3, -0.25) is 0 Å². The van der Waals surface area contributed by atoms with Crippen LogP contribution in [0.2, 0.25) is 0 Å². The summed E-state index contributed by atoms with van der Waals surface area (Å²) < 4.78 is 12.1. The summed E-state index contributed by atoms with van der Waals surface area (Å²) in [7, 11) is 0. The SMILES string of the molecule is CCOC(=O)c1[nH]c(C[n+]2ccc(C)cc2)c(C(=O)OCC)c1C.[Cl-]. The van der Waals surface area contributed by atoms with Crippen LogP contribution in [0.25, 0.3) is 0 Å². The largest absolute Gasteiger partial charge is 1.00 e. The molecule has 25 heavy (non-hydrogen) atoms. The number of halogens is 1. The second-order valence-electron chi connectivity index (χ2n) is 5.47. The Kier molecular flexibility index (Phi) is 7.64. The first-order valence-corrected chi connectivity index (χ1v) is 7.99. The molecule has 2 aromatic rings. The van der Waals surface area contributed by atoms with Crippen molar-refractivity contribution in [1.82, 2.24) is 4.98 Å². The van der Waals surface area contributed by atoms with E-state index in [4.69, 9.17) is 9.47 Å². The van der Waals surface area contributed by atoms with Gasteiger partial charge in [0, 0.05) is 12.1 Å². The Bertz CT molecular complexity index is 738. The molecule has 136 valence electrons. The first-order valence-electron chi connectivity index (χ1n) is 7.99. The molecule has 0 aliphatic carbocycles. The molecule has 0 fully saturated rings. The van der Waals surface area contributed by atoms with Gasteiger partial charge >= 0.3 is 11.9 Å². The smallest absolute Gasteiger partial charge is 0.355 e. The van der Waals surface area contributed by atoms with E-state index in [1.165, 1.54) is 0 Å². The maximum Gasteiger partial charge on any atom is 0.355 e. The van der Waals surface area contributed by atoms with Gasteiger partial charge in [-0.05, 0) is 38.8 Å². The van der Waals surface area contributed by atoms with Crippen molar-refractivity contribution in [2.75, 3.05) is 13.2 Å². The van der Waals surface area contributed by atoms with E-state index in [2.05, 4.69) is 4.98 Å². The summed E-state index contributed by atoms with van der Waals surface area (Å²) in [5, 5.41) is 0. The molecular formula is C18H23ClN2O4. The van der Waals surface area contributed by atoms with E-state index in [-0.39, 0.29) is 25.6 Å². The zero-order valence-electron chi connectivity index (χ0n) is 14.9. The summed E-state index contributed by atoms with van der Waals surface area (Å²) in [4.78, 5) is 27.5. The number of esters is 2. The van der Waals surface area contributed by atoms with Crippen molar-refractivity contribution in [3.8, 4) is 0 Å². The van der Waals surface area contributed by atoms with E-state index in [0.717, 1.165) is 5.56 Å². The highest BCUT2D eigenvalue weighted by atomic mass is 35.5. The molecule has 0 atom stereocenters. The lowest BCUT2D eigenvalue weighted by Crippen LogP contribution is -3.00. The van der Waals surface area contributed by atoms with Gasteiger partial charge in [0.1, 0.15) is 5.69 Å². The zero-order chi connectivity index (χ0) is 17.7. The maximum absolute atomic E-state index is 12.3. The maximum atomic E-state index is 12.3. The molecule has 0 aliphatic rings. The molecular weight excluding hydrogens is 344 g/mol. The Balaban J connectivity index is 0.00000312. The standard InChI is InChI=1S/C18H22N2O4.ClH/c1-5-23-17(21)15-13(4)16(18(22)24-6-2)19-14(15)11-20-9-7-12(3)8-10-20;/h7-10H,5-6,11H2,1-4H3;1H. The van der Waals surface area contributed by atoms with Gasteiger partial charge in [0.2, 0.25) is 0 Å². The first-order chi connectivity index (χ1) is 11.5. The Morgan fingerprint density at radius 1 is 1.04 bits per heavy atom. The lowest BCUT2D eigenvalue weighted by atomic mass is 10.1. The third kappa shape index (κ3) is 4.82. The number of aryl methyl sites for hydroxylation is 1. The molecule has 0 amide bonds. The lowest BCUT2D eigenvalue weighted by molar-refractivity contribution is -0.688. The van der Waals surface area contributed by atoms with Crippen molar-refractivity contribution in [3.05, 3.63) is 52.6 Å². The minimum atomic E-state index is -0.472. The molecule has 7 heteroatoms. The number of hydrogen-bond donors (Lipinski definition) is 1. The van der Waals surface area contributed by atoms with E-state index in [9.17, 15) is 9.59 Å². The topological polar surface area (TPSA) is 72.3 Å². The molecule has 2 aromatic heterocycles. The Labute approximate surface area is 153 Å². The van der Waals surface area contributed by atoms with Crippen molar-refractivity contribution in [3.63, 3.8) is 0 Å². The van der Waals surface area contributed by atoms with Crippen LogP contribution in [0.3, 0.4) is 0 Å². The number of pyridine rings is 1. The summed E-state index contributed by atoms with van der Waals surface area (Å²) in [6.45, 7) is 8.19. The van der Waals surface area contributed by atoms with Crippen LogP contribution in [0.5, 0.6) is 0 Å². The second kappa shape index (κ2) is 9.22. The quantitative estimate of drug-likeness (QED) is 0.543. The Morgan fingerprint density at radius 3 is 2.16 bits per heavy atom.